The molecule has 1 amide bonds. The minimum Gasteiger partial charge on any atom is -0.296 e. The van der Waals surface area contributed by atoms with Crippen LogP contribution in [0.1, 0.15) is 24.0 Å². The summed E-state index contributed by atoms with van der Waals surface area (Å²) in [7, 11) is 0. The van der Waals surface area contributed by atoms with E-state index in [1.165, 1.54) is 11.1 Å². The molecular formula is C14H15NO. The zero-order valence-electron chi connectivity index (χ0n) is 9.55. The van der Waals surface area contributed by atoms with Gasteiger partial charge >= 0.3 is 0 Å². The molecule has 0 spiro atoms. The van der Waals surface area contributed by atoms with E-state index in [0.717, 1.165) is 0 Å². The van der Waals surface area contributed by atoms with Crippen LogP contribution in [0.5, 0.6) is 0 Å². The first-order valence-electron chi connectivity index (χ1n) is 5.39. The zero-order chi connectivity index (χ0) is 11.5. The molecule has 0 fully saturated rings. The highest BCUT2D eigenvalue weighted by Crippen LogP contribution is 2.22. The molecule has 2 nitrogen and oxygen atoms in total. The lowest BCUT2D eigenvalue weighted by molar-refractivity contribution is -0.124. The summed E-state index contributed by atoms with van der Waals surface area (Å²) < 4.78 is 0. The Balaban J connectivity index is 2.15. The van der Waals surface area contributed by atoms with Gasteiger partial charge in [0.15, 0.2) is 0 Å². The van der Waals surface area contributed by atoms with Crippen LogP contribution in [0.15, 0.2) is 48.8 Å². The molecule has 2 heteroatoms. The Morgan fingerprint density at radius 1 is 1.12 bits per heavy atom. The molecule has 1 heterocycles. The van der Waals surface area contributed by atoms with Crippen molar-refractivity contribution in [3.8, 4) is 0 Å². The Labute approximate surface area is 95.9 Å². The molecule has 0 bridgehead atoms. The van der Waals surface area contributed by atoms with Crippen LogP contribution in [-0.2, 0) is 4.79 Å². The Kier molecular flexibility index (Phi) is 2.91. The molecule has 0 aromatic heterocycles. The number of hydrogen-bond donors (Lipinski definition) is 0. The fraction of sp³-hybridized carbons (Fsp3) is 0.214. The second kappa shape index (κ2) is 4.35. The van der Waals surface area contributed by atoms with Gasteiger partial charge < -0.3 is 0 Å². The van der Waals surface area contributed by atoms with Crippen LogP contribution < -0.4 is 0 Å². The monoisotopic (exact) mass is 213 g/mol. The van der Waals surface area contributed by atoms with Crippen molar-refractivity contribution in [1.29, 1.82) is 0 Å². The van der Waals surface area contributed by atoms with Crippen LogP contribution in [0.2, 0.25) is 0 Å². The topological polar surface area (TPSA) is 20.3 Å². The smallest absolute Gasteiger partial charge is 0.227 e. The summed E-state index contributed by atoms with van der Waals surface area (Å²) in [5.74, 6) is 0.311. The molecule has 0 saturated carbocycles. The minimum absolute atomic E-state index is 0.0369. The van der Waals surface area contributed by atoms with Gasteiger partial charge in [0.2, 0.25) is 5.91 Å². The number of nitrogens with zero attached hydrogens (tertiary/aromatic N) is 1. The van der Waals surface area contributed by atoms with Crippen molar-refractivity contribution < 1.29 is 4.79 Å². The molecule has 0 unspecified atom stereocenters. The second-order valence-electron chi connectivity index (χ2n) is 4.05. The van der Waals surface area contributed by atoms with Crippen LogP contribution in [0.4, 0.5) is 0 Å². The van der Waals surface area contributed by atoms with Crippen molar-refractivity contribution in [2.24, 2.45) is 0 Å². The van der Waals surface area contributed by atoms with E-state index in [4.69, 9.17) is 0 Å². The van der Waals surface area contributed by atoms with Gasteiger partial charge in [-0.1, -0.05) is 42.0 Å². The van der Waals surface area contributed by atoms with Gasteiger partial charge in [0.05, 0.1) is 0 Å². The summed E-state index contributed by atoms with van der Waals surface area (Å²) in [6, 6.07) is 8.46. The quantitative estimate of drug-likeness (QED) is 0.702. The summed E-state index contributed by atoms with van der Waals surface area (Å²) in [4.78, 5) is 12.7. The van der Waals surface area contributed by atoms with Crippen LogP contribution >= 0.6 is 0 Å². The summed E-state index contributed by atoms with van der Waals surface area (Å²) in [6.07, 6.45) is 7.72. The van der Waals surface area contributed by atoms with Gasteiger partial charge in [0.25, 0.3) is 0 Å². The molecule has 0 aliphatic carbocycles. The lowest BCUT2D eigenvalue weighted by Gasteiger charge is -2.19. The fourth-order valence-corrected chi connectivity index (χ4v) is 1.71. The maximum absolute atomic E-state index is 11.1. The van der Waals surface area contributed by atoms with Crippen molar-refractivity contribution >= 4 is 5.91 Å². The van der Waals surface area contributed by atoms with Crippen molar-refractivity contribution in [2.75, 3.05) is 0 Å². The molecule has 2 rings (SSSR count). The summed E-state index contributed by atoms with van der Waals surface area (Å²) >= 11 is 0. The van der Waals surface area contributed by atoms with Gasteiger partial charge in [-0.05, 0) is 12.5 Å². The zero-order valence-corrected chi connectivity index (χ0v) is 9.55. The number of amides is 1. The Bertz CT molecular complexity index is 428. The Morgan fingerprint density at radius 3 is 2.19 bits per heavy atom. The maximum Gasteiger partial charge on any atom is 0.227 e. The molecule has 16 heavy (non-hydrogen) atoms. The van der Waals surface area contributed by atoms with Crippen molar-refractivity contribution in [3.05, 3.63) is 59.9 Å². The molecule has 1 aromatic carbocycles. The SMILES string of the molecule is CC(=O)N1C=CC(c2ccc(C)cc2)C=C1. The summed E-state index contributed by atoms with van der Waals surface area (Å²) in [6.45, 7) is 3.63. The van der Waals surface area contributed by atoms with Crippen molar-refractivity contribution in [2.45, 2.75) is 19.8 Å². The van der Waals surface area contributed by atoms with E-state index in [1.807, 2.05) is 24.6 Å². The van der Waals surface area contributed by atoms with E-state index >= 15 is 0 Å². The first-order valence-corrected chi connectivity index (χ1v) is 5.39. The highest BCUT2D eigenvalue weighted by molar-refractivity contribution is 5.75. The molecule has 1 aliphatic rings. The average molecular weight is 213 g/mol. The van der Waals surface area contributed by atoms with Crippen molar-refractivity contribution in [1.82, 2.24) is 4.90 Å². The van der Waals surface area contributed by atoms with E-state index in [9.17, 15) is 4.79 Å². The lowest BCUT2D eigenvalue weighted by Crippen LogP contribution is -2.18. The van der Waals surface area contributed by atoms with E-state index in [0.29, 0.717) is 0 Å². The van der Waals surface area contributed by atoms with Gasteiger partial charge in [0.1, 0.15) is 0 Å². The molecule has 0 saturated heterocycles. The highest BCUT2D eigenvalue weighted by atomic mass is 16.2. The van der Waals surface area contributed by atoms with E-state index in [2.05, 4.69) is 31.2 Å². The van der Waals surface area contributed by atoms with Crippen LogP contribution in [-0.4, -0.2) is 10.8 Å². The predicted molar refractivity (Wildman–Crippen MR) is 64.7 cm³/mol. The van der Waals surface area contributed by atoms with E-state index < -0.39 is 0 Å². The molecule has 82 valence electrons. The van der Waals surface area contributed by atoms with Crippen LogP contribution in [0.25, 0.3) is 0 Å². The number of carbonyl (C=O) groups excluding carboxylic acids is 1. The number of hydrogen-bond acceptors (Lipinski definition) is 1. The largest absolute Gasteiger partial charge is 0.296 e. The number of allylic oxidation sites excluding steroid dienone is 2. The van der Waals surface area contributed by atoms with E-state index in [-0.39, 0.29) is 11.8 Å². The summed E-state index contributed by atoms with van der Waals surface area (Å²) in [5.41, 5.74) is 2.51. The third kappa shape index (κ3) is 2.22. The van der Waals surface area contributed by atoms with Gasteiger partial charge in [-0.25, -0.2) is 0 Å². The lowest BCUT2D eigenvalue weighted by atomic mass is 9.97. The standard InChI is InChI=1S/C14H15NO/c1-11-3-5-13(6-4-11)14-7-9-15(10-8-14)12(2)16/h3-10,14H,1-2H3. The van der Waals surface area contributed by atoms with Crippen LogP contribution in [0, 0.1) is 6.92 Å². The number of benzene rings is 1. The normalized spacial score (nSPS) is 15.5. The van der Waals surface area contributed by atoms with Crippen LogP contribution in [0.3, 0.4) is 0 Å². The molecular weight excluding hydrogens is 198 g/mol. The predicted octanol–water partition coefficient (Wildman–Crippen LogP) is 2.97. The van der Waals surface area contributed by atoms with Gasteiger partial charge in [0, 0.05) is 25.2 Å². The third-order valence-corrected chi connectivity index (χ3v) is 2.73. The molecule has 0 N–H and O–H groups in total. The number of aryl methyl sites for hydroxylation is 1. The van der Waals surface area contributed by atoms with Gasteiger partial charge in [-0.15, -0.1) is 0 Å². The maximum atomic E-state index is 11.1. The summed E-state index contributed by atoms with van der Waals surface area (Å²) in [5, 5.41) is 0. The average Bonchev–Trinajstić information content (AvgIpc) is 2.30. The van der Waals surface area contributed by atoms with Crippen molar-refractivity contribution in [3.63, 3.8) is 0 Å². The highest BCUT2D eigenvalue weighted by Gasteiger charge is 2.10. The minimum atomic E-state index is 0.0369. The molecule has 0 radical (unpaired) electrons. The fourth-order valence-electron chi connectivity index (χ4n) is 1.71. The number of carbonyl (C=O) groups is 1. The third-order valence-electron chi connectivity index (χ3n) is 2.73. The Hall–Kier alpha value is -1.83. The first kappa shape index (κ1) is 10.7. The molecule has 1 aliphatic heterocycles. The first-order chi connectivity index (χ1) is 7.66. The van der Waals surface area contributed by atoms with Gasteiger partial charge in [-0.2, -0.15) is 0 Å². The molecule has 1 aromatic rings. The van der Waals surface area contributed by atoms with E-state index in [1.54, 1.807) is 11.8 Å². The van der Waals surface area contributed by atoms with Gasteiger partial charge in [-0.3, -0.25) is 9.69 Å². The number of rotatable bonds is 1. The Morgan fingerprint density at radius 2 is 1.69 bits per heavy atom. The molecule has 0 atom stereocenters. The second-order valence-corrected chi connectivity index (χ2v) is 4.05.